The van der Waals surface area contributed by atoms with Crippen molar-refractivity contribution in [1.82, 2.24) is 0 Å². The van der Waals surface area contributed by atoms with E-state index < -0.39 is 12.1 Å². The van der Waals surface area contributed by atoms with E-state index in [-0.39, 0.29) is 12.4 Å². The van der Waals surface area contributed by atoms with Gasteiger partial charge < -0.3 is 14.3 Å². The molecule has 0 bridgehead atoms. The van der Waals surface area contributed by atoms with Gasteiger partial charge in [-0.25, -0.2) is 0 Å². The molecule has 0 spiro atoms. The summed E-state index contributed by atoms with van der Waals surface area (Å²) in [5, 5.41) is 9.05. The van der Waals surface area contributed by atoms with Crippen LogP contribution in [0, 0.1) is 0 Å². The molecule has 214 valence electrons. The molecule has 0 aliphatic carbocycles. The fourth-order valence-corrected chi connectivity index (χ4v) is 4.25. The Morgan fingerprint density at radius 1 is 0.703 bits per heavy atom. The Hall–Kier alpha value is -1.88. The van der Waals surface area contributed by atoms with Gasteiger partial charge in [0.25, 0.3) is 0 Å². The van der Waals surface area contributed by atoms with Crippen LogP contribution in [0.4, 0.5) is 0 Å². The van der Waals surface area contributed by atoms with Crippen LogP contribution in [0.5, 0.6) is 0 Å². The van der Waals surface area contributed by atoms with Crippen molar-refractivity contribution in [2.24, 2.45) is 0 Å². The van der Waals surface area contributed by atoms with E-state index in [0.717, 1.165) is 32.1 Å². The Morgan fingerprint density at radius 3 is 1.65 bits per heavy atom. The highest BCUT2D eigenvalue weighted by molar-refractivity contribution is 5.71. The fraction of sp³-hybridized carbons (Fsp3) is 0.750. The predicted octanol–water partition coefficient (Wildman–Crippen LogP) is 8.40. The first kappa shape index (κ1) is 35.1. The lowest BCUT2D eigenvalue weighted by Gasteiger charge is -2.28. The smallest absolute Gasteiger partial charge is 0.307 e. The molecule has 0 saturated heterocycles. The molecule has 5 nitrogen and oxygen atoms in total. The number of rotatable bonds is 25. The van der Waals surface area contributed by atoms with Crippen molar-refractivity contribution in [1.29, 1.82) is 0 Å². The molecule has 0 aliphatic heterocycles. The minimum absolute atomic E-state index is 0.133. The summed E-state index contributed by atoms with van der Waals surface area (Å²) < 4.78 is 6.00. The summed E-state index contributed by atoms with van der Waals surface area (Å²) in [4.78, 5) is 23.1. The molecule has 1 atom stereocenters. The summed E-state index contributed by atoms with van der Waals surface area (Å²) >= 11 is 0. The Morgan fingerprint density at radius 2 is 1.16 bits per heavy atom. The van der Waals surface area contributed by atoms with Crippen LogP contribution in [0.25, 0.3) is 0 Å². The van der Waals surface area contributed by atoms with Crippen molar-refractivity contribution in [3.63, 3.8) is 0 Å². The lowest BCUT2D eigenvalue weighted by atomic mass is 10.1. The number of unbranched alkanes of at least 4 members (excludes halogenated alkanes) is 12. The van der Waals surface area contributed by atoms with Crippen LogP contribution in [0.2, 0.25) is 0 Å². The van der Waals surface area contributed by atoms with Gasteiger partial charge in [-0.05, 0) is 44.9 Å². The summed E-state index contributed by atoms with van der Waals surface area (Å²) in [5.41, 5.74) is 0. The van der Waals surface area contributed by atoms with Crippen molar-refractivity contribution in [2.75, 3.05) is 27.7 Å². The zero-order valence-corrected chi connectivity index (χ0v) is 24.6. The van der Waals surface area contributed by atoms with Gasteiger partial charge in [0.1, 0.15) is 6.54 Å². The third-order valence-electron chi connectivity index (χ3n) is 6.22. The molecular formula is C32H58NO4+. The molecule has 0 aromatic carbocycles. The quantitative estimate of drug-likeness (QED) is 0.0568. The normalized spacial score (nSPS) is 13.2. The number of carbonyl (C=O) groups excluding carboxylic acids is 1. The molecule has 0 saturated carbocycles. The molecule has 0 aromatic heterocycles. The first-order chi connectivity index (χ1) is 17.7. The van der Waals surface area contributed by atoms with Gasteiger partial charge in [-0.3, -0.25) is 9.59 Å². The van der Waals surface area contributed by atoms with Crippen molar-refractivity contribution < 1.29 is 23.9 Å². The van der Waals surface area contributed by atoms with Crippen LogP contribution in [0.3, 0.4) is 0 Å². The zero-order valence-electron chi connectivity index (χ0n) is 24.6. The van der Waals surface area contributed by atoms with Crippen molar-refractivity contribution >= 4 is 11.9 Å². The van der Waals surface area contributed by atoms with E-state index in [1.54, 1.807) is 0 Å². The maximum Gasteiger partial charge on any atom is 0.307 e. The molecular weight excluding hydrogens is 462 g/mol. The number of carbonyl (C=O) groups is 2. The number of hydrogen-bond acceptors (Lipinski definition) is 3. The number of quaternary nitrogens is 1. The summed E-state index contributed by atoms with van der Waals surface area (Å²) in [5.74, 6) is -1.20. The number of allylic oxidation sites excluding steroid dienone is 6. The Kier molecular flexibility index (Phi) is 23.2. The van der Waals surface area contributed by atoms with Gasteiger partial charge in [-0.1, -0.05) is 101 Å². The van der Waals surface area contributed by atoms with E-state index in [4.69, 9.17) is 9.84 Å². The Labute approximate surface area is 228 Å². The largest absolute Gasteiger partial charge is 0.481 e. The molecule has 0 radical (unpaired) electrons. The number of aliphatic carboxylic acids is 1. The highest BCUT2D eigenvalue weighted by Gasteiger charge is 2.24. The average molecular weight is 521 g/mol. The second-order valence-electron chi connectivity index (χ2n) is 11.3. The molecule has 0 fully saturated rings. The van der Waals surface area contributed by atoms with Gasteiger partial charge in [-0.2, -0.15) is 0 Å². The third kappa shape index (κ3) is 28.5. The summed E-state index contributed by atoms with van der Waals surface area (Å²) in [6, 6.07) is 0. The first-order valence-corrected chi connectivity index (χ1v) is 14.9. The van der Waals surface area contributed by atoms with Crippen LogP contribution in [-0.2, 0) is 14.3 Å². The van der Waals surface area contributed by atoms with Gasteiger partial charge in [0.2, 0.25) is 0 Å². The van der Waals surface area contributed by atoms with E-state index in [2.05, 4.69) is 43.4 Å². The fourth-order valence-electron chi connectivity index (χ4n) is 4.25. The number of ether oxygens (including phenoxy) is 1. The van der Waals surface area contributed by atoms with Crippen molar-refractivity contribution in [2.45, 2.75) is 129 Å². The van der Waals surface area contributed by atoms with Crippen LogP contribution in [0.1, 0.15) is 122 Å². The molecule has 0 rings (SSSR count). The SMILES string of the molecule is CCCCC/C=C/C/C=C/C/C=C\CCCCCCCCCCCC(=O)OC(CC(=O)O)C[N+](C)(C)C. The molecule has 0 aliphatic rings. The van der Waals surface area contributed by atoms with E-state index in [0.29, 0.717) is 17.4 Å². The monoisotopic (exact) mass is 520 g/mol. The van der Waals surface area contributed by atoms with Crippen LogP contribution >= 0.6 is 0 Å². The van der Waals surface area contributed by atoms with Gasteiger partial charge in [0.15, 0.2) is 6.10 Å². The summed E-state index contributed by atoms with van der Waals surface area (Å²) in [7, 11) is 5.90. The third-order valence-corrected chi connectivity index (χ3v) is 6.22. The molecule has 0 amide bonds. The average Bonchev–Trinajstić information content (AvgIpc) is 2.80. The minimum Gasteiger partial charge on any atom is -0.481 e. The highest BCUT2D eigenvalue weighted by Crippen LogP contribution is 2.13. The Bertz CT molecular complexity index is 646. The van der Waals surface area contributed by atoms with Crippen LogP contribution in [-0.4, -0.2) is 55.3 Å². The van der Waals surface area contributed by atoms with E-state index in [1.807, 2.05) is 21.1 Å². The lowest BCUT2D eigenvalue weighted by Crippen LogP contribution is -2.43. The standard InChI is InChI=1S/C32H57NO4/c1-5-6-7-8-9-10-11-12-13-14-15-16-17-18-19-20-21-22-23-24-25-26-27-32(36)37-30(28-31(34)35)29-33(2,3)4/h9-10,12-13,15-16,30H,5-8,11,14,17-29H2,1-4H3/p+1/b10-9+,13-12+,16-15-. The highest BCUT2D eigenvalue weighted by atomic mass is 16.5. The molecule has 0 aromatic rings. The second-order valence-corrected chi connectivity index (χ2v) is 11.3. The maximum absolute atomic E-state index is 12.1. The number of esters is 1. The van der Waals surface area contributed by atoms with Crippen molar-refractivity contribution in [3.05, 3.63) is 36.5 Å². The number of carboxylic acids is 1. The molecule has 37 heavy (non-hydrogen) atoms. The topological polar surface area (TPSA) is 63.6 Å². The summed E-state index contributed by atoms with van der Waals surface area (Å²) in [6.07, 6.45) is 32.5. The van der Waals surface area contributed by atoms with Gasteiger partial charge in [-0.15, -0.1) is 0 Å². The van der Waals surface area contributed by atoms with Crippen LogP contribution in [0.15, 0.2) is 36.5 Å². The number of nitrogens with zero attached hydrogens (tertiary/aromatic N) is 1. The molecule has 0 heterocycles. The van der Waals surface area contributed by atoms with Crippen LogP contribution < -0.4 is 0 Å². The first-order valence-electron chi connectivity index (χ1n) is 14.9. The Balaban J connectivity index is 3.56. The van der Waals surface area contributed by atoms with Gasteiger partial charge in [0.05, 0.1) is 27.6 Å². The summed E-state index contributed by atoms with van der Waals surface area (Å²) in [6.45, 7) is 2.75. The van der Waals surface area contributed by atoms with Gasteiger partial charge in [0, 0.05) is 6.42 Å². The minimum atomic E-state index is -0.928. The zero-order chi connectivity index (χ0) is 27.6. The van der Waals surface area contributed by atoms with E-state index in [9.17, 15) is 9.59 Å². The van der Waals surface area contributed by atoms with Gasteiger partial charge >= 0.3 is 11.9 Å². The molecule has 1 unspecified atom stereocenters. The second kappa shape index (κ2) is 24.5. The number of carboxylic acid groups (broad SMARTS) is 1. The lowest BCUT2D eigenvalue weighted by molar-refractivity contribution is -0.873. The van der Waals surface area contributed by atoms with E-state index >= 15 is 0 Å². The maximum atomic E-state index is 12.1. The predicted molar refractivity (Wildman–Crippen MR) is 157 cm³/mol. The number of hydrogen-bond donors (Lipinski definition) is 1. The molecule has 5 heteroatoms. The molecule has 1 N–H and O–H groups in total. The van der Waals surface area contributed by atoms with E-state index in [1.165, 1.54) is 70.6 Å². The van der Waals surface area contributed by atoms with Crippen molar-refractivity contribution in [3.8, 4) is 0 Å². The number of likely N-dealkylation sites (N-methyl/N-ethyl adjacent to an activating group) is 1.